The van der Waals surface area contributed by atoms with Crippen molar-refractivity contribution in [3.8, 4) is 11.5 Å². The molecule has 6 nitrogen and oxygen atoms in total. The molecule has 1 aromatic heterocycles. The number of likely N-dealkylation sites (N-methyl/N-ethyl adjacent to an activating group) is 1. The highest BCUT2D eigenvalue weighted by Crippen LogP contribution is 2.35. The summed E-state index contributed by atoms with van der Waals surface area (Å²) in [7, 11) is 3.75. The zero-order chi connectivity index (χ0) is 16.4. The van der Waals surface area contributed by atoms with Crippen molar-refractivity contribution in [2.75, 3.05) is 20.9 Å². The lowest BCUT2D eigenvalue weighted by Crippen LogP contribution is -2.36. The minimum absolute atomic E-state index is 0.0679. The van der Waals surface area contributed by atoms with Crippen LogP contribution < -0.4 is 14.8 Å². The van der Waals surface area contributed by atoms with Crippen molar-refractivity contribution in [1.29, 1.82) is 0 Å². The van der Waals surface area contributed by atoms with Gasteiger partial charge in [-0.15, -0.1) is 11.3 Å². The predicted molar refractivity (Wildman–Crippen MR) is 87.7 cm³/mol. The van der Waals surface area contributed by atoms with E-state index in [0.29, 0.717) is 18.0 Å². The fourth-order valence-electron chi connectivity index (χ4n) is 2.51. The van der Waals surface area contributed by atoms with Gasteiger partial charge in [-0.1, -0.05) is 6.07 Å². The lowest BCUT2D eigenvalue weighted by molar-refractivity contribution is -0.125. The number of nitrogens with one attached hydrogen (secondary N) is 1. The van der Waals surface area contributed by atoms with Gasteiger partial charge >= 0.3 is 0 Å². The normalized spacial score (nSPS) is 14.1. The maximum Gasteiger partial charge on any atom is 0.242 e. The highest BCUT2D eigenvalue weighted by Gasteiger charge is 2.25. The van der Waals surface area contributed by atoms with E-state index in [9.17, 15) is 4.79 Å². The molecule has 0 spiro atoms. The van der Waals surface area contributed by atoms with Crippen LogP contribution in [0.2, 0.25) is 0 Å². The number of carbonyl (C=O) groups is 1. The molecule has 1 aliphatic rings. The molecule has 0 bridgehead atoms. The van der Waals surface area contributed by atoms with Crippen LogP contribution in [0.3, 0.4) is 0 Å². The number of thiazole rings is 1. The molecule has 0 aliphatic carbocycles. The summed E-state index contributed by atoms with van der Waals surface area (Å²) in [5, 5.41) is 5.83. The molecular weight excluding hydrogens is 314 g/mol. The summed E-state index contributed by atoms with van der Waals surface area (Å²) in [4.78, 5) is 18.9. The SMILES string of the molecule is Cc1csc(CNC(=O)[C@H](c2ccc3c(c2)OCO3)N(C)C)n1. The first-order chi connectivity index (χ1) is 11.0. The quantitative estimate of drug-likeness (QED) is 0.908. The zero-order valence-electron chi connectivity index (χ0n) is 13.3. The van der Waals surface area contributed by atoms with Crippen LogP contribution in [0, 0.1) is 6.92 Å². The first kappa shape index (κ1) is 15.8. The van der Waals surface area contributed by atoms with Gasteiger partial charge in [0, 0.05) is 11.1 Å². The smallest absolute Gasteiger partial charge is 0.242 e. The molecule has 0 fully saturated rings. The molecule has 122 valence electrons. The fraction of sp³-hybridized carbons (Fsp3) is 0.375. The molecule has 0 saturated heterocycles. The van der Waals surface area contributed by atoms with Crippen molar-refractivity contribution < 1.29 is 14.3 Å². The van der Waals surface area contributed by atoms with Crippen LogP contribution in [0.4, 0.5) is 0 Å². The average Bonchev–Trinajstić information content (AvgIpc) is 3.13. The van der Waals surface area contributed by atoms with Crippen molar-refractivity contribution in [1.82, 2.24) is 15.2 Å². The van der Waals surface area contributed by atoms with Crippen LogP contribution in [0.5, 0.6) is 11.5 Å². The van der Waals surface area contributed by atoms with Gasteiger partial charge in [-0.05, 0) is 38.7 Å². The first-order valence-electron chi connectivity index (χ1n) is 7.29. The zero-order valence-corrected chi connectivity index (χ0v) is 14.1. The third-order valence-corrected chi connectivity index (χ3v) is 4.52. The molecule has 7 heteroatoms. The molecule has 2 aromatic rings. The summed E-state index contributed by atoms with van der Waals surface area (Å²) in [6.07, 6.45) is 0. The van der Waals surface area contributed by atoms with Crippen molar-refractivity contribution >= 4 is 17.2 Å². The van der Waals surface area contributed by atoms with Crippen LogP contribution in [-0.4, -0.2) is 36.7 Å². The monoisotopic (exact) mass is 333 g/mol. The van der Waals surface area contributed by atoms with E-state index in [4.69, 9.17) is 9.47 Å². The van der Waals surface area contributed by atoms with Crippen molar-refractivity contribution in [2.45, 2.75) is 19.5 Å². The van der Waals surface area contributed by atoms with Gasteiger partial charge in [0.25, 0.3) is 0 Å². The number of ether oxygens (including phenoxy) is 2. The summed E-state index contributed by atoms with van der Waals surface area (Å²) < 4.78 is 10.7. The van der Waals surface area contributed by atoms with E-state index < -0.39 is 6.04 Å². The molecule has 1 amide bonds. The standard InChI is InChI=1S/C16H19N3O3S/c1-10-8-23-14(18-10)7-17-16(20)15(19(2)3)11-4-5-12-13(6-11)22-9-21-12/h4-6,8,15H,7,9H2,1-3H3,(H,17,20)/t15-/m0/s1. The van der Waals surface area contributed by atoms with Gasteiger partial charge in [0.2, 0.25) is 12.7 Å². The minimum atomic E-state index is -0.398. The molecule has 3 rings (SSSR count). The Bertz CT molecular complexity index is 714. The van der Waals surface area contributed by atoms with E-state index in [2.05, 4.69) is 10.3 Å². The minimum Gasteiger partial charge on any atom is -0.454 e. The van der Waals surface area contributed by atoms with Gasteiger partial charge in [0.05, 0.1) is 6.54 Å². The first-order valence-corrected chi connectivity index (χ1v) is 8.17. The molecule has 0 radical (unpaired) electrons. The van der Waals surface area contributed by atoms with E-state index in [-0.39, 0.29) is 12.7 Å². The molecule has 1 atom stereocenters. The Labute approximate surface area is 139 Å². The third kappa shape index (κ3) is 3.46. The molecule has 2 heterocycles. The Balaban J connectivity index is 1.74. The Morgan fingerprint density at radius 1 is 1.39 bits per heavy atom. The number of hydrogen-bond acceptors (Lipinski definition) is 6. The molecule has 1 aromatic carbocycles. The lowest BCUT2D eigenvalue weighted by Gasteiger charge is -2.23. The average molecular weight is 333 g/mol. The van der Waals surface area contributed by atoms with Gasteiger partial charge in [0.15, 0.2) is 11.5 Å². The number of nitrogens with zero attached hydrogens (tertiary/aromatic N) is 2. The Kier molecular flexibility index (Phi) is 4.49. The number of aromatic nitrogens is 1. The van der Waals surface area contributed by atoms with Gasteiger partial charge < -0.3 is 14.8 Å². The second-order valence-electron chi connectivity index (χ2n) is 5.58. The summed E-state index contributed by atoms with van der Waals surface area (Å²) >= 11 is 1.55. The van der Waals surface area contributed by atoms with Crippen LogP contribution in [0.15, 0.2) is 23.6 Å². The molecule has 1 aliphatic heterocycles. The van der Waals surface area contributed by atoms with Gasteiger partial charge in [0.1, 0.15) is 11.0 Å². The lowest BCUT2D eigenvalue weighted by atomic mass is 10.0. The van der Waals surface area contributed by atoms with Crippen LogP contribution >= 0.6 is 11.3 Å². The van der Waals surface area contributed by atoms with Gasteiger partial charge in [-0.2, -0.15) is 0 Å². The highest BCUT2D eigenvalue weighted by molar-refractivity contribution is 7.09. The van der Waals surface area contributed by atoms with E-state index in [1.165, 1.54) is 0 Å². The van der Waals surface area contributed by atoms with E-state index in [0.717, 1.165) is 16.3 Å². The number of carbonyl (C=O) groups excluding carboxylic acids is 1. The second kappa shape index (κ2) is 6.55. The van der Waals surface area contributed by atoms with E-state index in [1.54, 1.807) is 11.3 Å². The summed E-state index contributed by atoms with van der Waals surface area (Å²) in [6, 6.07) is 5.20. The molecule has 0 saturated carbocycles. The molecular formula is C16H19N3O3S. The van der Waals surface area contributed by atoms with E-state index in [1.807, 2.05) is 49.5 Å². The largest absolute Gasteiger partial charge is 0.454 e. The summed E-state index contributed by atoms with van der Waals surface area (Å²) in [5.41, 5.74) is 1.84. The number of rotatable bonds is 5. The topological polar surface area (TPSA) is 63.7 Å². The van der Waals surface area contributed by atoms with Gasteiger partial charge in [-0.25, -0.2) is 4.98 Å². The highest BCUT2D eigenvalue weighted by atomic mass is 32.1. The number of aryl methyl sites for hydroxylation is 1. The van der Waals surface area contributed by atoms with Crippen LogP contribution in [-0.2, 0) is 11.3 Å². The fourth-order valence-corrected chi connectivity index (χ4v) is 3.22. The number of amides is 1. The molecule has 0 unspecified atom stereocenters. The van der Waals surface area contributed by atoms with Crippen molar-refractivity contribution in [3.63, 3.8) is 0 Å². The summed E-state index contributed by atoms with van der Waals surface area (Å²) in [5.74, 6) is 1.32. The third-order valence-electron chi connectivity index (χ3n) is 3.56. The van der Waals surface area contributed by atoms with E-state index >= 15 is 0 Å². The van der Waals surface area contributed by atoms with Crippen LogP contribution in [0.1, 0.15) is 22.3 Å². The van der Waals surface area contributed by atoms with Gasteiger partial charge in [-0.3, -0.25) is 9.69 Å². The number of benzene rings is 1. The maximum absolute atomic E-state index is 12.6. The maximum atomic E-state index is 12.6. The second-order valence-corrected chi connectivity index (χ2v) is 6.52. The Morgan fingerprint density at radius 2 is 2.17 bits per heavy atom. The summed E-state index contributed by atoms with van der Waals surface area (Å²) in [6.45, 7) is 2.60. The van der Waals surface area contributed by atoms with Crippen molar-refractivity contribution in [3.05, 3.63) is 39.8 Å². The molecule has 1 N–H and O–H groups in total. The number of fused-ring (bicyclic) bond motifs is 1. The Hall–Kier alpha value is -2.12. The Morgan fingerprint density at radius 3 is 2.87 bits per heavy atom. The molecule has 23 heavy (non-hydrogen) atoms. The number of hydrogen-bond donors (Lipinski definition) is 1. The van der Waals surface area contributed by atoms with Crippen LogP contribution in [0.25, 0.3) is 0 Å². The predicted octanol–water partition coefficient (Wildman–Crippen LogP) is 2.10. The van der Waals surface area contributed by atoms with Crippen molar-refractivity contribution in [2.24, 2.45) is 0 Å².